The lowest BCUT2D eigenvalue weighted by atomic mass is 10.2. The van der Waals surface area contributed by atoms with E-state index >= 15 is 0 Å². The second-order valence-electron chi connectivity index (χ2n) is 7.29. The third kappa shape index (κ3) is 6.61. The Morgan fingerprint density at radius 1 is 0.941 bits per heavy atom. The number of ether oxygens (including phenoxy) is 3. The summed E-state index contributed by atoms with van der Waals surface area (Å²) in [6.07, 6.45) is 1.10. The zero-order chi connectivity index (χ0) is 24.7. The molecule has 0 radical (unpaired) electrons. The molecule has 0 heterocycles. The normalized spacial score (nSPS) is 10.9. The number of hydrogen-bond donors (Lipinski definition) is 1. The number of methoxy groups -OCH3 is 2. The minimum Gasteiger partial charge on any atom is -0.497 e. The van der Waals surface area contributed by atoms with E-state index in [4.69, 9.17) is 14.2 Å². The molecule has 0 saturated heterocycles. The van der Waals surface area contributed by atoms with Crippen molar-refractivity contribution in [2.24, 2.45) is 0 Å². The third-order valence-electron chi connectivity index (χ3n) is 4.82. The molecule has 0 spiro atoms. The van der Waals surface area contributed by atoms with Crippen molar-refractivity contribution in [2.75, 3.05) is 36.7 Å². The zero-order valence-electron chi connectivity index (χ0n) is 18.9. The van der Waals surface area contributed by atoms with Crippen LogP contribution in [0.4, 0.5) is 15.8 Å². The zero-order valence-corrected chi connectivity index (χ0v) is 19.8. The van der Waals surface area contributed by atoms with Gasteiger partial charge >= 0.3 is 0 Å². The van der Waals surface area contributed by atoms with Gasteiger partial charge in [-0.2, -0.15) is 0 Å². The van der Waals surface area contributed by atoms with Crippen LogP contribution in [0.2, 0.25) is 0 Å². The van der Waals surface area contributed by atoms with Gasteiger partial charge in [0, 0.05) is 6.07 Å². The number of nitrogens with zero attached hydrogens (tertiary/aromatic N) is 1. The highest BCUT2D eigenvalue weighted by Crippen LogP contribution is 2.29. The first-order valence-electron chi connectivity index (χ1n) is 10.2. The topological polar surface area (TPSA) is 94.2 Å². The van der Waals surface area contributed by atoms with Gasteiger partial charge in [-0.25, -0.2) is 12.8 Å². The number of carbonyl (C=O) groups is 1. The second-order valence-corrected chi connectivity index (χ2v) is 9.20. The largest absolute Gasteiger partial charge is 0.497 e. The van der Waals surface area contributed by atoms with E-state index < -0.39 is 21.7 Å². The standard InChI is InChI=1S/C24H25FN2O6S/c1-31-21-12-13-23(32-2)22(14-21)26-24(28)16-33-20-10-8-19(9-11-20)27(34(3,29)30)15-17-4-6-18(25)7-5-17/h4-14H,15-16H2,1-3H3,(H,26,28). The molecule has 34 heavy (non-hydrogen) atoms. The minimum atomic E-state index is -3.60. The number of carbonyl (C=O) groups excluding carboxylic acids is 1. The summed E-state index contributed by atoms with van der Waals surface area (Å²) >= 11 is 0. The van der Waals surface area contributed by atoms with Gasteiger partial charge in [0.2, 0.25) is 10.0 Å². The number of halogens is 1. The molecule has 0 aliphatic rings. The van der Waals surface area contributed by atoms with Gasteiger partial charge < -0.3 is 19.5 Å². The number of rotatable bonds is 10. The average molecular weight is 489 g/mol. The van der Waals surface area contributed by atoms with E-state index in [-0.39, 0.29) is 13.2 Å². The molecule has 8 nitrogen and oxygen atoms in total. The second kappa shape index (κ2) is 10.9. The van der Waals surface area contributed by atoms with Crippen molar-refractivity contribution < 1.29 is 31.8 Å². The first kappa shape index (κ1) is 24.8. The lowest BCUT2D eigenvalue weighted by Gasteiger charge is -2.23. The predicted octanol–water partition coefficient (Wildman–Crippen LogP) is 3.83. The van der Waals surface area contributed by atoms with Gasteiger partial charge in [-0.3, -0.25) is 9.10 Å². The number of benzene rings is 3. The first-order chi connectivity index (χ1) is 16.2. The molecule has 1 amide bonds. The van der Waals surface area contributed by atoms with Crippen molar-refractivity contribution in [3.8, 4) is 17.2 Å². The predicted molar refractivity (Wildman–Crippen MR) is 128 cm³/mol. The number of amides is 1. The van der Waals surface area contributed by atoms with E-state index in [1.165, 1.54) is 42.8 Å². The lowest BCUT2D eigenvalue weighted by Crippen LogP contribution is -2.29. The fourth-order valence-corrected chi connectivity index (χ4v) is 4.00. The number of nitrogens with one attached hydrogen (secondary N) is 1. The van der Waals surface area contributed by atoms with Crippen LogP contribution in [0.15, 0.2) is 66.7 Å². The Balaban J connectivity index is 1.65. The third-order valence-corrected chi connectivity index (χ3v) is 5.96. The van der Waals surface area contributed by atoms with Gasteiger partial charge in [-0.05, 0) is 54.1 Å². The number of anilines is 2. The Labute approximate surface area is 197 Å². The highest BCUT2D eigenvalue weighted by Gasteiger charge is 2.18. The summed E-state index contributed by atoms with van der Waals surface area (Å²) in [4.78, 5) is 12.3. The van der Waals surface area contributed by atoms with E-state index in [1.807, 2.05) is 0 Å². The molecule has 0 atom stereocenters. The molecule has 0 aromatic heterocycles. The Hall–Kier alpha value is -3.79. The molecule has 10 heteroatoms. The molecule has 0 fully saturated rings. The van der Waals surface area contributed by atoms with Gasteiger partial charge in [-0.15, -0.1) is 0 Å². The molecule has 1 N–H and O–H groups in total. The van der Waals surface area contributed by atoms with Gasteiger partial charge in [0.1, 0.15) is 23.1 Å². The highest BCUT2D eigenvalue weighted by molar-refractivity contribution is 7.92. The molecule has 3 rings (SSSR count). The maximum Gasteiger partial charge on any atom is 0.262 e. The summed E-state index contributed by atoms with van der Waals surface area (Å²) in [6, 6.07) is 16.9. The van der Waals surface area contributed by atoms with E-state index in [0.717, 1.165) is 6.26 Å². The van der Waals surface area contributed by atoms with Gasteiger partial charge in [0.15, 0.2) is 6.61 Å². The Kier molecular flexibility index (Phi) is 7.95. The average Bonchev–Trinajstić information content (AvgIpc) is 2.82. The summed E-state index contributed by atoms with van der Waals surface area (Å²) in [5.74, 6) is 0.602. The van der Waals surface area contributed by atoms with E-state index in [9.17, 15) is 17.6 Å². The fourth-order valence-electron chi connectivity index (χ4n) is 3.11. The molecule has 180 valence electrons. The molecular formula is C24H25FN2O6S. The monoisotopic (exact) mass is 488 g/mol. The van der Waals surface area contributed by atoms with Crippen LogP contribution in [0.3, 0.4) is 0 Å². The molecule has 0 saturated carbocycles. The van der Waals surface area contributed by atoms with Crippen molar-refractivity contribution in [3.63, 3.8) is 0 Å². The van der Waals surface area contributed by atoms with E-state index in [1.54, 1.807) is 42.5 Å². The Bertz CT molecular complexity index is 1230. The van der Waals surface area contributed by atoms with Crippen molar-refractivity contribution in [2.45, 2.75) is 6.54 Å². The Morgan fingerprint density at radius 3 is 2.18 bits per heavy atom. The summed E-state index contributed by atoms with van der Waals surface area (Å²) in [7, 11) is -0.589. The summed E-state index contributed by atoms with van der Waals surface area (Å²) in [5.41, 5.74) is 1.48. The molecule has 0 bridgehead atoms. The number of hydrogen-bond acceptors (Lipinski definition) is 6. The van der Waals surface area contributed by atoms with Crippen LogP contribution in [0, 0.1) is 5.82 Å². The molecule has 0 unspecified atom stereocenters. The minimum absolute atomic E-state index is 0.0457. The molecule has 0 aliphatic heterocycles. The Morgan fingerprint density at radius 2 is 1.59 bits per heavy atom. The number of sulfonamides is 1. The molecule has 3 aromatic carbocycles. The van der Waals surface area contributed by atoms with Crippen molar-refractivity contribution in [1.29, 1.82) is 0 Å². The van der Waals surface area contributed by atoms with Crippen LogP contribution in [0.1, 0.15) is 5.56 Å². The summed E-state index contributed by atoms with van der Waals surface area (Å²) < 4.78 is 54.9. The summed E-state index contributed by atoms with van der Waals surface area (Å²) in [5, 5.41) is 2.70. The summed E-state index contributed by atoms with van der Waals surface area (Å²) in [6.45, 7) is -0.227. The van der Waals surface area contributed by atoms with Crippen LogP contribution >= 0.6 is 0 Å². The first-order valence-corrected chi connectivity index (χ1v) is 12.0. The quantitative estimate of drug-likeness (QED) is 0.466. The van der Waals surface area contributed by atoms with Crippen LogP contribution < -0.4 is 23.8 Å². The SMILES string of the molecule is COc1ccc(OC)c(NC(=O)COc2ccc(N(Cc3ccc(F)cc3)S(C)(=O)=O)cc2)c1. The van der Waals surface area contributed by atoms with Crippen LogP contribution in [0.5, 0.6) is 17.2 Å². The van der Waals surface area contributed by atoms with E-state index in [0.29, 0.717) is 34.2 Å². The lowest BCUT2D eigenvalue weighted by molar-refractivity contribution is -0.118. The van der Waals surface area contributed by atoms with Crippen molar-refractivity contribution in [3.05, 3.63) is 78.1 Å². The molecular weight excluding hydrogens is 463 g/mol. The smallest absolute Gasteiger partial charge is 0.262 e. The van der Waals surface area contributed by atoms with Crippen molar-refractivity contribution >= 4 is 27.3 Å². The highest BCUT2D eigenvalue weighted by atomic mass is 32.2. The van der Waals surface area contributed by atoms with Crippen molar-refractivity contribution in [1.82, 2.24) is 0 Å². The van der Waals surface area contributed by atoms with E-state index in [2.05, 4.69) is 5.32 Å². The van der Waals surface area contributed by atoms with Crippen LogP contribution in [0.25, 0.3) is 0 Å². The van der Waals surface area contributed by atoms with Gasteiger partial charge in [0.05, 0.1) is 38.4 Å². The fraction of sp³-hybridized carbons (Fsp3) is 0.208. The molecule has 3 aromatic rings. The maximum atomic E-state index is 13.2. The molecule has 0 aliphatic carbocycles. The van der Waals surface area contributed by atoms with Crippen LogP contribution in [-0.4, -0.2) is 41.4 Å². The maximum absolute atomic E-state index is 13.2. The van der Waals surface area contributed by atoms with Gasteiger partial charge in [-0.1, -0.05) is 12.1 Å². The van der Waals surface area contributed by atoms with Gasteiger partial charge in [0.25, 0.3) is 5.91 Å². The van der Waals surface area contributed by atoms with Crippen LogP contribution in [-0.2, 0) is 21.4 Å².